The highest BCUT2D eigenvalue weighted by atomic mass is 35.5. The number of nitrogens with one attached hydrogen (secondary N) is 2. The SMILES string of the molecule is C=C(F)c1c(F)cnc(NC(=O)c2cc(NC(=O)C(CCl)C(CCl)c3cc(Cl)cc(Cl)c3)ccc2Cl)c1F. The van der Waals surface area contributed by atoms with E-state index in [1.807, 2.05) is 0 Å². The topological polar surface area (TPSA) is 71.1 Å². The maximum atomic E-state index is 14.5. The summed E-state index contributed by atoms with van der Waals surface area (Å²) >= 11 is 30.6. The molecular weight excluding hydrogens is 609 g/mol. The minimum Gasteiger partial charge on any atom is -0.326 e. The normalized spacial score (nSPS) is 12.5. The number of anilines is 2. The molecule has 0 bridgehead atoms. The van der Waals surface area contributed by atoms with Crippen molar-refractivity contribution in [2.45, 2.75) is 5.92 Å². The van der Waals surface area contributed by atoms with E-state index in [2.05, 4.69) is 22.2 Å². The highest BCUT2D eigenvalue weighted by Crippen LogP contribution is 2.33. The van der Waals surface area contributed by atoms with Crippen molar-refractivity contribution in [2.75, 3.05) is 22.4 Å². The molecule has 0 aliphatic carbocycles. The molecule has 1 heterocycles. The summed E-state index contributed by atoms with van der Waals surface area (Å²) in [5.74, 6) is -7.80. The molecule has 0 radical (unpaired) electrons. The summed E-state index contributed by atoms with van der Waals surface area (Å²) in [5.41, 5.74) is -0.487. The van der Waals surface area contributed by atoms with Gasteiger partial charge in [0.25, 0.3) is 5.91 Å². The Morgan fingerprint density at radius 1 is 0.974 bits per heavy atom. The van der Waals surface area contributed by atoms with Crippen molar-refractivity contribution in [1.29, 1.82) is 0 Å². The molecule has 2 aromatic carbocycles. The molecular formula is C25H17Cl5F3N3O2. The molecule has 2 atom stereocenters. The van der Waals surface area contributed by atoms with Crippen molar-refractivity contribution < 1.29 is 22.8 Å². The van der Waals surface area contributed by atoms with Crippen LogP contribution in [0.15, 0.2) is 49.2 Å². The molecule has 0 saturated heterocycles. The lowest BCUT2D eigenvalue weighted by atomic mass is 9.88. The molecule has 0 fully saturated rings. The zero-order valence-corrected chi connectivity index (χ0v) is 22.9. The Morgan fingerprint density at radius 2 is 1.63 bits per heavy atom. The number of aromatic nitrogens is 1. The molecule has 1 aromatic heterocycles. The smallest absolute Gasteiger partial charge is 0.258 e. The van der Waals surface area contributed by atoms with Crippen LogP contribution in [0.5, 0.6) is 0 Å². The third-order valence-electron chi connectivity index (χ3n) is 5.42. The number of alkyl halides is 2. The number of pyridine rings is 1. The van der Waals surface area contributed by atoms with E-state index in [-0.39, 0.29) is 28.0 Å². The summed E-state index contributed by atoms with van der Waals surface area (Å²) in [6.45, 7) is 2.87. The Bertz CT molecular complexity index is 1390. The molecule has 3 rings (SSSR count). The van der Waals surface area contributed by atoms with Gasteiger partial charge < -0.3 is 10.6 Å². The molecule has 2 N–H and O–H groups in total. The third kappa shape index (κ3) is 6.93. The van der Waals surface area contributed by atoms with E-state index in [1.54, 1.807) is 12.1 Å². The van der Waals surface area contributed by atoms with Crippen LogP contribution in [-0.2, 0) is 4.79 Å². The highest BCUT2D eigenvalue weighted by Gasteiger charge is 2.29. The van der Waals surface area contributed by atoms with Gasteiger partial charge in [0.2, 0.25) is 5.91 Å². The number of amides is 2. The molecule has 2 unspecified atom stereocenters. The minimum absolute atomic E-state index is 0.0271. The fourth-order valence-corrected chi connectivity index (χ4v) is 5.06. The highest BCUT2D eigenvalue weighted by molar-refractivity contribution is 6.35. The van der Waals surface area contributed by atoms with Gasteiger partial charge in [0.15, 0.2) is 17.5 Å². The number of carbonyl (C=O) groups excluding carboxylic acids is 2. The number of benzene rings is 2. The number of carbonyl (C=O) groups is 2. The fourth-order valence-electron chi connectivity index (χ4n) is 3.57. The monoisotopic (exact) mass is 623 g/mol. The number of halogens is 8. The zero-order chi connectivity index (χ0) is 28.1. The van der Waals surface area contributed by atoms with Gasteiger partial charge in [-0.1, -0.05) is 41.4 Å². The second-order valence-electron chi connectivity index (χ2n) is 7.91. The standard InChI is InChI=1S/C25H17Cl5F3N3O2/c1-11(31)21-20(32)10-34-23(22(21)33)36-24(37)16-7-15(2-3-19(16)30)35-25(38)18(9-27)17(8-26)12-4-13(28)6-14(29)5-12/h2-7,10,17-18H,1,8-9H2,(H,35,38)(H,34,36,37). The Morgan fingerprint density at radius 3 is 2.21 bits per heavy atom. The van der Waals surface area contributed by atoms with E-state index in [0.29, 0.717) is 21.8 Å². The van der Waals surface area contributed by atoms with E-state index >= 15 is 0 Å². The van der Waals surface area contributed by atoms with Gasteiger partial charge in [-0.2, -0.15) is 0 Å². The number of rotatable bonds is 9. The first kappa shape index (κ1) is 30.1. The molecule has 13 heteroatoms. The first-order chi connectivity index (χ1) is 18.0. The van der Waals surface area contributed by atoms with Crippen LogP contribution in [0.1, 0.15) is 27.4 Å². The quantitative estimate of drug-likeness (QED) is 0.235. The summed E-state index contributed by atoms with van der Waals surface area (Å²) in [5, 5.41) is 5.42. The lowest BCUT2D eigenvalue weighted by molar-refractivity contribution is -0.119. The molecule has 0 spiro atoms. The van der Waals surface area contributed by atoms with E-state index in [9.17, 15) is 22.8 Å². The van der Waals surface area contributed by atoms with Crippen molar-refractivity contribution >= 4 is 87.2 Å². The summed E-state index contributed by atoms with van der Waals surface area (Å²) in [6.07, 6.45) is 0.531. The Kier molecular flexibility index (Phi) is 10.3. The molecule has 38 heavy (non-hydrogen) atoms. The van der Waals surface area contributed by atoms with Crippen molar-refractivity contribution in [2.24, 2.45) is 5.92 Å². The molecule has 0 aliphatic rings. The fraction of sp³-hybridized carbons (Fsp3) is 0.160. The largest absolute Gasteiger partial charge is 0.326 e. The van der Waals surface area contributed by atoms with Gasteiger partial charge in [-0.05, 0) is 42.0 Å². The van der Waals surface area contributed by atoms with Crippen LogP contribution in [0.2, 0.25) is 15.1 Å². The molecule has 5 nitrogen and oxygen atoms in total. The Balaban J connectivity index is 1.85. The maximum absolute atomic E-state index is 14.5. The summed E-state index contributed by atoms with van der Waals surface area (Å²) in [4.78, 5) is 29.4. The second kappa shape index (κ2) is 13.0. The van der Waals surface area contributed by atoms with Crippen molar-refractivity contribution in [3.05, 3.63) is 92.6 Å². The van der Waals surface area contributed by atoms with Crippen molar-refractivity contribution in [3.8, 4) is 0 Å². The minimum atomic E-state index is -1.45. The van der Waals surface area contributed by atoms with Crippen molar-refractivity contribution in [3.63, 3.8) is 0 Å². The lowest BCUT2D eigenvalue weighted by Gasteiger charge is -2.24. The van der Waals surface area contributed by atoms with Gasteiger partial charge >= 0.3 is 0 Å². The van der Waals surface area contributed by atoms with Crippen LogP contribution in [0.3, 0.4) is 0 Å². The predicted octanol–water partition coefficient (Wildman–Crippen LogP) is 8.33. The summed E-state index contributed by atoms with van der Waals surface area (Å²) < 4.78 is 41.6. The van der Waals surface area contributed by atoms with Crippen LogP contribution < -0.4 is 10.6 Å². The first-order valence-electron chi connectivity index (χ1n) is 10.6. The molecule has 0 saturated carbocycles. The van der Waals surface area contributed by atoms with Gasteiger partial charge in [0.1, 0.15) is 5.83 Å². The summed E-state index contributed by atoms with van der Waals surface area (Å²) in [7, 11) is 0. The van der Waals surface area contributed by atoms with E-state index in [0.717, 1.165) is 0 Å². The lowest BCUT2D eigenvalue weighted by Crippen LogP contribution is -2.30. The van der Waals surface area contributed by atoms with Crippen LogP contribution in [-0.4, -0.2) is 28.6 Å². The van der Waals surface area contributed by atoms with Gasteiger partial charge in [0, 0.05) is 33.4 Å². The number of nitrogens with zero attached hydrogens (tertiary/aromatic N) is 1. The zero-order valence-electron chi connectivity index (χ0n) is 19.1. The van der Waals surface area contributed by atoms with E-state index < -0.39 is 52.5 Å². The van der Waals surface area contributed by atoms with Gasteiger partial charge in [-0.3, -0.25) is 9.59 Å². The molecule has 2 amide bonds. The average Bonchev–Trinajstić information content (AvgIpc) is 2.84. The molecule has 3 aromatic rings. The van der Waals surface area contributed by atoms with E-state index in [1.165, 1.54) is 24.3 Å². The van der Waals surface area contributed by atoms with Gasteiger partial charge in [0.05, 0.1) is 28.3 Å². The molecule has 200 valence electrons. The maximum Gasteiger partial charge on any atom is 0.258 e. The first-order valence-corrected chi connectivity index (χ1v) is 12.9. The van der Waals surface area contributed by atoms with E-state index in [4.69, 9.17) is 58.0 Å². The molecule has 0 aliphatic heterocycles. The van der Waals surface area contributed by atoms with Crippen LogP contribution in [0.25, 0.3) is 5.83 Å². The van der Waals surface area contributed by atoms with Crippen LogP contribution in [0, 0.1) is 17.6 Å². The third-order valence-corrected chi connectivity index (χ3v) is 6.85. The summed E-state index contributed by atoms with van der Waals surface area (Å²) in [6, 6.07) is 8.77. The average molecular weight is 626 g/mol. The number of hydrogen-bond acceptors (Lipinski definition) is 3. The predicted molar refractivity (Wildman–Crippen MR) is 146 cm³/mol. The Hall–Kier alpha value is -2.49. The van der Waals surface area contributed by atoms with Crippen molar-refractivity contribution in [1.82, 2.24) is 4.98 Å². The van der Waals surface area contributed by atoms with Gasteiger partial charge in [-0.25, -0.2) is 18.2 Å². The van der Waals surface area contributed by atoms with Crippen LogP contribution >= 0.6 is 58.0 Å². The van der Waals surface area contributed by atoms with Gasteiger partial charge in [-0.15, -0.1) is 23.2 Å². The second-order valence-corrected chi connectivity index (χ2v) is 9.81. The Labute approximate surface area is 240 Å². The number of hydrogen-bond donors (Lipinski definition) is 2. The van der Waals surface area contributed by atoms with Crippen LogP contribution in [0.4, 0.5) is 24.7 Å².